The van der Waals surface area contributed by atoms with Gasteiger partial charge in [-0.25, -0.2) is 4.98 Å². The molecule has 0 aliphatic carbocycles. The van der Waals surface area contributed by atoms with Crippen molar-refractivity contribution in [1.29, 1.82) is 0 Å². The van der Waals surface area contributed by atoms with Crippen LogP contribution < -0.4 is 0 Å². The van der Waals surface area contributed by atoms with Gasteiger partial charge in [-0.05, 0) is 24.0 Å². The predicted molar refractivity (Wildman–Crippen MR) is 75.5 cm³/mol. The van der Waals surface area contributed by atoms with E-state index >= 15 is 0 Å². The smallest absolute Gasteiger partial charge is 0.173 e. The number of nitrogens with zero attached hydrogens (tertiary/aromatic N) is 2. The van der Waals surface area contributed by atoms with Gasteiger partial charge in [-0.1, -0.05) is 54.6 Å². The third kappa shape index (κ3) is 2.05. The number of aryl methyl sites for hydroxylation is 1. The molecule has 0 atom stereocenters. The van der Waals surface area contributed by atoms with Crippen molar-refractivity contribution < 1.29 is 0 Å². The van der Waals surface area contributed by atoms with E-state index in [4.69, 9.17) is 0 Å². The monoisotopic (exact) mass is 252 g/mol. The SMILES string of the molecule is Cc1ccccc1-c1nc(-c2ccccc2)ns1. The lowest BCUT2D eigenvalue weighted by molar-refractivity contribution is 1.31. The van der Waals surface area contributed by atoms with E-state index in [-0.39, 0.29) is 0 Å². The van der Waals surface area contributed by atoms with Crippen LogP contribution in [0.25, 0.3) is 22.0 Å². The van der Waals surface area contributed by atoms with E-state index in [1.54, 1.807) is 0 Å². The van der Waals surface area contributed by atoms with Gasteiger partial charge in [0.25, 0.3) is 0 Å². The number of aromatic nitrogens is 2. The fourth-order valence-electron chi connectivity index (χ4n) is 1.85. The van der Waals surface area contributed by atoms with Gasteiger partial charge in [-0.3, -0.25) is 0 Å². The van der Waals surface area contributed by atoms with Crippen LogP contribution >= 0.6 is 11.5 Å². The first kappa shape index (κ1) is 11.1. The summed E-state index contributed by atoms with van der Waals surface area (Å²) in [5.74, 6) is 0.804. The van der Waals surface area contributed by atoms with Crippen molar-refractivity contribution in [3.8, 4) is 22.0 Å². The first-order valence-electron chi connectivity index (χ1n) is 5.80. The molecule has 18 heavy (non-hydrogen) atoms. The van der Waals surface area contributed by atoms with Crippen molar-refractivity contribution in [3.63, 3.8) is 0 Å². The molecule has 1 aromatic heterocycles. The summed E-state index contributed by atoms with van der Waals surface area (Å²) in [6.07, 6.45) is 0. The summed E-state index contributed by atoms with van der Waals surface area (Å²) >= 11 is 1.45. The molecule has 88 valence electrons. The van der Waals surface area contributed by atoms with E-state index in [2.05, 4.69) is 28.4 Å². The quantitative estimate of drug-likeness (QED) is 0.683. The van der Waals surface area contributed by atoms with Gasteiger partial charge >= 0.3 is 0 Å². The van der Waals surface area contributed by atoms with Crippen LogP contribution in [0.3, 0.4) is 0 Å². The summed E-state index contributed by atoms with van der Waals surface area (Å²) in [7, 11) is 0. The minimum Gasteiger partial charge on any atom is -0.215 e. The molecule has 0 bridgehead atoms. The van der Waals surface area contributed by atoms with Gasteiger partial charge in [0.05, 0.1) is 0 Å². The van der Waals surface area contributed by atoms with Crippen molar-refractivity contribution in [1.82, 2.24) is 9.36 Å². The molecule has 0 unspecified atom stereocenters. The Bertz CT molecular complexity index is 659. The van der Waals surface area contributed by atoms with Crippen LogP contribution in [-0.2, 0) is 0 Å². The highest BCUT2D eigenvalue weighted by Crippen LogP contribution is 2.27. The summed E-state index contributed by atoms with van der Waals surface area (Å²) in [6.45, 7) is 2.10. The molecule has 0 aliphatic heterocycles. The van der Waals surface area contributed by atoms with Gasteiger partial charge in [-0.15, -0.1) is 0 Å². The molecule has 3 heteroatoms. The maximum absolute atomic E-state index is 4.62. The third-order valence-electron chi connectivity index (χ3n) is 2.83. The van der Waals surface area contributed by atoms with Gasteiger partial charge in [0.15, 0.2) is 5.82 Å². The van der Waals surface area contributed by atoms with Gasteiger partial charge in [0, 0.05) is 11.1 Å². The molecule has 1 heterocycles. The third-order valence-corrected chi connectivity index (χ3v) is 3.58. The largest absolute Gasteiger partial charge is 0.215 e. The number of benzene rings is 2. The molecule has 2 aromatic carbocycles. The minimum atomic E-state index is 0.804. The lowest BCUT2D eigenvalue weighted by atomic mass is 10.1. The highest BCUT2D eigenvalue weighted by Gasteiger charge is 2.09. The van der Waals surface area contributed by atoms with Gasteiger partial charge in [0.2, 0.25) is 0 Å². The van der Waals surface area contributed by atoms with E-state index in [0.717, 1.165) is 22.0 Å². The average molecular weight is 252 g/mol. The first-order valence-corrected chi connectivity index (χ1v) is 6.57. The molecule has 0 fully saturated rings. The Morgan fingerprint density at radius 3 is 2.39 bits per heavy atom. The highest BCUT2D eigenvalue weighted by molar-refractivity contribution is 7.09. The molecule has 0 saturated heterocycles. The van der Waals surface area contributed by atoms with Gasteiger partial charge in [0.1, 0.15) is 5.01 Å². The van der Waals surface area contributed by atoms with Crippen LogP contribution in [0.1, 0.15) is 5.56 Å². The molecule has 0 amide bonds. The van der Waals surface area contributed by atoms with Crippen molar-refractivity contribution >= 4 is 11.5 Å². The van der Waals surface area contributed by atoms with E-state index in [1.807, 2.05) is 42.5 Å². The molecular formula is C15H12N2S. The summed E-state index contributed by atoms with van der Waals surface area (Å²) in [5.41, 5.74) is 3.46. The fourth-order valence-corrected chi connectivity index (χ4v) is 2.62. The molecule has 0 aliphatic rings. The molecule has 0 spiro atoms. The van der Waals surface area contributed by atoms with Crippen LogP contribution in [-0.4, -0.2) is 9.36 Å². The summed E-state index contributed by atoms with van der Waals surface area (Å²) in [5, 5.41) is 0.979. The Balaban J connectivity index is 2.03. The average Bonchev–Trinajstić information content (AvgIpc) is 2.90. The van der Waals surface area contributed by atoms with Crippen LogP contribution in [0.2, 0.25) is 0 Å². The Hall–Kier alpha value is -2.00. The van der Waals surface area contributed by atoms with Crippen LogP contribution in [0.5, 0.6) is 0 Å². The van der Waals surface area contributed by atoms with Crippen LogP contribution in [0.4, 0.5) is 0 Å². The van der Waals surface area contributed by atoms with E-state index < -0.39 is 0 Å². The first-order chi connectivity index (χ1) is 8.84. The Morgan fingerprint density at radius 2 is 1.61 bits per heavy atom. The lowest BCUT2D eigenvalue weighted by Crippen LogP contribution is -1.82. The zero-order valence-corrected chi connectivity index (χ0v) is 10.8. The molecule has 3 aromatic rings. The van der Waals surface area contributed by atoms with E-state index in [1.165, 1.54) is 17.1 Å². The fraction of sp³-hybridized carbons (Fsp3) is 0.0667. The zero-order chi connectivity index (χ0) is 12.4. The predicted octanol–water partition coefficient (Wildman–Crippen LogP) is 4.18. The van der Waals surface area contributed by atoms with Crippen molar-refractivity contribution in [3.05, 3.63) is 60.2 Å². The molecule has 0 radical (unpaired) electrons. The molecule has 0 saturated carbocycles. The molecule has 3 rings (SSSR count). The molecule has 2 nitrogen and oxygen atoms in total. The highest BCUT2D eigenvalue weighted by atomic mass is 32.1. The molecule has 0 N–H and O–H groups in total. The Morgan fingerprint density at radius 1 is 0.889 bits per heavy atom. The van der Waals surface area contributed by atoms with Crippen molar-refractivity contribution in [2.45, 2.75) is 6.92 Å². The zero-order valence-electron chi connectivity index (χ0n) is 10.00. The summed E-state index contributed by atoms with van der Waals surface area (Å²) < 4.78 is 4.43. The number of hydrogen-bond donors (Lipinski definition) is 0. The second-order valence-electron chi connectivity index (χ2n) is 4.10. The molecular weight excluding hydrogens is 240 g/mol. The number of hydrogen-bond acceptors (Lipinski definition) is 3. The second-order valence-corrected chi connectivity index (χ2v) is 4.86. The minimum absolute atomic E-state index is 0.804. The van der Waals surface area contributed by atoms with E-state index in [9.17, 15) is 0 Å². The second kappa shape index (κ2) is 4.70. The Labute approximate surface area is 110 Å². The standard InChI is InChI=1S/C15H12N2S/c1-11-7-5-6-10-13(11)15-16-14(17-18-15)12-8-3-2-4-9-12/h2-10H,1H3. The van der Waals surface area contributed by atoms with Gasteiger partial charge < -0.3 is 0 Å². The van der Waals surface area contributed by atoms with Crippen LogP contribution in [0, 0.1) is 6.92 Å². The Kier molecular flexibility index (Phi) is 2.90. The normalized spacial score (nSPS) is 10.5. The van der Waals surface area contributed by atoms with Crippen LogP contribution in [0.15, 0.2) is 54.6 Å². The van der Waals surface area contributed by atoms with Crippen molar-refractivity contribution in [2.75, 3.05) is 0 Å². The number of rotatable bonds is 2. The summed E-state index contributed by atoms with van der Waals surface area (Å²) in [6, 6.07) is 18.3. The maximum atomic E-state index is 4.62. The topological polar surface area (TPSA) is 25.8 Å². The lowest BCUT2D eigenvalue weighted by Gasteiger charge is -1.99. The maximum Gasteiger partial charge on any atom is 0.173 e. The van der Waals surface area contributed by atoms with Gasteiger partial charge in [-0.2, -0.15) is 4.37 Å². The van der Waals surface area contributed by atoms with Crippen molar-refractivity contribution in [2.24, 2.45) is 0 Å². The van der Waals surface area contributed by atoms with E-state index in [0.29, 0.717) is 0 Å². The summed E-state index contributed by atoms with van der Waals surface area (Å²) in [4.78, 5) is 4.62.